The highest BCUT2D eigenvalue weighted by Crippen LogP contribution is 2.24. The molecule has 92 valence electrons. The molecule has 1 N–H and O–H groups in total. The minimum atomic E-state index is -0.612. The van der Waals surface area contributed by atoms with Gasteiger partial charge in [0, 0.05) is 11.3 Å². The Morgan fingerprint density at radius 1 is 1.31 bits per heavy atom. The van der Waals surface area contributed by atoms with E-state index in [0.29, 0.717) is 0 Å². The summed E-state index contributed by atoms with van der Waals surface area (Å²) in [5.74, 6) is 0.846. The molecule has 1 rings (SSSR count). The highest BCUT2D eigenvalue weighted by molar-refractivity contribution is 7.99. The fourth-order valence-corrected chi connectivity index (χ4v) is 2.52. The first kappa shape index (κ1) is 13.5. The second kappa shape index (κ2) is 4.75. The minimum absolute atomic E-state index is 0.000561. The second-order valence-electron chi connectivity index (χ2n) is 5.57. The number of aromatic nitrogens is 3. The summed E-state index contributed by atoms with van der Waals surface area (Å²) in [7, 11) is 0. The van der Waals surface area contributed by atoms with Crippen molar-refractivity contribution >= 4 is 11.8 Å². The predicted octanol–water partition coefficient (Wildman–Crippen LogP) is 2.29. The summed E-state index contributed by atoms with van der Waals surface area (Å²) in [6, 6.07) is 0. The molecule has 0 aliphatic carbocycles. The van der Waals surface area contributed by atoms with E-state index in [1.54, 1.807) is 18.1 Å². The molecule has 0 aromatic carbocycles. The molecule has 0 atom stereocenters. The van der Waals surface area contributed by atoms with Crippen molar-refractivity contribution in [3.63, 3.8) is 0 Å². The van der Waals surface area contributed by atoms with E-state index in [-0.39, 0.29) is 5.54 Å². The van der Waals surface area contributed by atoms with E-state index in [2.05, 4.69) is 35.5 Å². The number of nitrogens with zero attached hydrogens (tertiary/aromatic N) is 3. The molecule has 0 saturated carbocycles. The molecule has 0 fully saturated rings. The van der Waals surface area contributed by atoms with Gasteiger partial charge in [-0.2, -0.15) is 0 Å². The maximum atomic E-state index is 9.62. The number of hydrogen-bond acceptors (Lipinski definition) is 4. The van der Waals surface area contributed by atoms with Gasteiger partial charge < -0.3 is 9.67 Å². The molecule has 0 amide bonds. The molecule has 1 heterocycles. The third kappa shape index (κ3) is 4.14. The molecular formula is C11H21N3OS. The molecule has 0 saturated heterocycles. The van der Waals surface area contributed by atoms with Crippen molar-refractivity contribution < 1.29 is 5.11 Å². The van der Waals surface area contributed by atoms with Gasteiger partial charge in [0.1, 0.15) is 6.33 Å². The van der Waals surface area contributed by atoms with Crippen LogP contribution >= 0.6 is 11.8 Å². The molecule has 4 nitrogen and oxygen atoms in total. The summed E-state index contributed by atoms with van der Waals surface area (Å²) >= 11 is 1.64. The maximum absolute atomic E-state index is 9.62. The number of hydrogen-bond donors (Lipinski definition) is 1. The first-order chi connectivity index (χ1) is 7.20. The van der Waals surface area contributed by atoms with Crippen molar-refractivity contribution in [2.24, 2.45) is 0 Å². The van der Waals surface area contributed by atoms with Crippen molar-refractivity contribution in [3.8, 4) is 0 Å². The monoisotopic (exact) mass is 243 g/mol. The Kier molecular flexibility index (Phi) is 4.02. The highest BCUT2D eigenvalue weighted by Gasteiger charge is 2.19. The van der Waals surface area contributed by atoms with Gasteiger partial charge in [-0.3, -0.25) is 0 Å². The molecular weight excluding hydrogens is 222 g/mol. The van der Waals surface area contributed by atoms with E-state index in [1.807, 2.05) is 13.8 Å². The third-order valence-corrected chi connectivity index (χ3v) is 3.13. The summed E-state index contributed by atoms with van der Waals surface area (Å²) < 4.78 is 2.06. The van der Waals surface area contributed by atoms with Crippen LogP contribution in [0.3, 0.4) is 0 Å². The van der Waals surface area contributed by atoms with Gasteiger partial charge in [-0.05, 0) is 41.0 Å². The van der Waals surface area contributed by atoms with Crippen LogP contribution in [0.5, 0.6) is 0 Å². The number of aliphatic hydroxyl groups is 1. The van der Waals surface area contributed by atoms with Crippen LogP contribution in [0.1, 0.15) is 41.0 Å². The van der Waals surface area contributed by atoms with Crippen molar-refractivity contribution in [1.29, 1.82) is 0 Å². The van der Waals surface area contributed by atoms with Gasteiger partial charge in [0.15, 0.2) is 5.16 Å². The topological polar surface area (TPSA) is 50.9 Å². The fourth-order valence-electron chi connectivity index (χ4n) is 1.18. The zero-order valence-corrected chi connectivity index (χ0v) is 11.5. The molecule has 5 heteroatoms. The van der Waals surface area contributed by atoms with Crippen molar-refractivity contribution in [2.75, 3.05) is 5.75 Å². The Labute approximate surface area is 101 Å². The highest BCUT2D eigenvalue weighted by atomic mass is 32.2. The first-order valence-electron chi connectivity index (χ1n) is 5.46. The van der Waals surface area contributed by atoms with Gasteiger partial charge in [0.05, 0.1) is 5.60 Å². The minimum Gasteiger partial charge on any atom is -0.390 e. The standard InChI is InChI=1S/C11H21N3OS/c1-10(2,3)14-8-12-13-9(14)16-7-6-11(4,5)15/h8,15H,6-7H2,1-5H3. The first-order valence-corrected chi connectivity index (χ1v) is 6.44. The summed E-state index contributed by atoms with van der Waals surface area (Å²) in [5, 5.41) is 18.6. The van der Waals surface area contributed by atoms with E-state index in [1.165, 1.54) is 0 Å². The van der Waals surface area contributed by atoms with Crippen LogP contribution in [-0.4, -0.2) is 31.2 Å². The lowest BCUT2D eigenvalue weighted by Crippen LogP contribution is -2.22. The predicted molar refractivity (Wildman–Crippen MR) is 66.7 cm³/mol. The Bertz CT molecular complexity index is 336. The zero-order valence-electron chi connectivity index (χ0n) is 10.7. The van der Waals surface area contributed by atoms with E-state index < -0.39 is 5.60 Å². The second-order valence-corrected chi connectivity index (χ2v) is 6.63. The molecule has 0 unspecified atom stereocenters. The van der Waals surface area contributed by atoms with E-state index >= 15 is 0 Å². The lowest BCUT2D eigenvalue weighted by Gasteiger charge is -2.22. The van der Waals surface area contributed by atoms with Crippen molar-refractivity contribution in [2.45, 2.75) is 57.3 Å². The largest absolute Gasteiger partial charge is 0.390 e. The summed E-state index contributed by atoms with van der Waals surface area (Å²) in [6.07, 6.45) is 2.50. The lowest BCUT2D eigenvalue weighted by atomic mass is 10.1. The third-order valence-electron chi connectivity index (χ3n) is 2.18. The molecule has 0 aliphatic rings. The summed E-state index contributed by atoms with van der Waals surface area (Å²) in [6.45, 7) is 10.0. The van der Waals surface area contributed by atoms with Crippen LogP contribution < -0.4 is 0 Å². The van der Waals surface area contributed by atoms with Gasteiger partial charge in [0.25, 0.3) is 0 Å². The van der Waals surface area contributed by atoms with E-state index in [0.717, 1.165) is 17.3 Å². The number of rotatable bonds is 4. The fraction of sp³-hybridized carbons (Fsp3) is 0.818. The molecule has 0 bridgehead atoms. The van der Waals surface area contributed by atoms with Crippen LogP contribution in [0.25, 0.3) is 0 Å². The Morgan fingerprint density at radius 2 is 1.94 bits per heavy atom. The molecule has 0 spiro atoms. The Hall–Kier alpha value is -0.550. The van der Waals surface area contributed by atoms with Crippen LogP contribution in [0.4, 0.5) is 0 Å². The van der Waals surface area contributed by atoms with Crippen LogP contribution in [0, 0.1) is 0 Å². The van der Waals surface area contributed by atoms with Crippen molar-refractivity contribution in [3.05, 3.63) is 6.33 Å². The number of thioether (sulfide) groups is 1. The lowest BCUT2D eigenvalue weighted by molar-refractivity contribution is 0.0777. The Morgan fingerprint density at radius 3 is 2.44 bits per heavy atom. The van der Waals surface area contributed by atoms with Crippen molar-refractivity contribution in [1.82, 2.24) is 14.8 Å². The molecule has 16 heavy (non-hydrogen) atoms. The SMILES string of the molecule is CC(C)(O)CCSc1nncn1C(C)(C)C. The quantitative estimate of drug-likeness (QED) is 0.824. The average Bonchev–Trinajstić information content (AvgIpc) is 2.48. The summed E-state index contributed by atoms with van der Waals surface area (Å²) in [5.41, 5.74) is -0.611. The average molecular weight is 243 g/mol. The van der Waals surface area contributed by atoms with E-state index in [4.69, 9.17) is 0 Å². The normalized spacial score (nSPS) is 13.1. The van der Waals surface area contributed by atoms with Gasteiger partial charge in [-0.15, -0.1) is 10.2 Å². The van der Waals surface area contributed by atoms with Crippen LogP contribution in [-0.2, 0) is 5.54 Å². The maximum Gasteiger partial charge on any atom is 0.191 e. The smallest absolute Gasteiger partial charge is 0.191 e. The van der Waals surface area contributed by atoms with Crippen LogP contribution in [0.15, 0.2) is 11.5 Å². The van der Waals surface area contributed by atoms with E-state index in [9.17, 15) is 5.11 Å². The van der Waals surface area contributed by atoms with Gasteiger partial charge in [0.2, 0.25) is 0 Å². The zero-order chi connectivity index (χ0) is 12.4. The summed E-state index contributed by atoms with van der Waals surface area (Å²) in [4.78, 5) is 0. The molecule has 1 aromatic rings. The van der Waals surface area contributed by atoms with Gasteiger partial charge >= 0.3 is 0 Å². The molecule has 0 aliphatic heterocycles. The molecule has 0 radical (unpaired) electrons. The van der Waals surface area contributed by atoms with Crippen LogP contribution in [0.2, 0.25) is 0 Å². The van der Waals surface area contributed by atoms with Gasteiger partial charge in [-0.25, -0.2) is 0 Å². The van der Waals surface area contributed by atoms with Gasteiger partial charge in [-0.1, -0.05) is 11.8 Å². The molecule has 1 aromatic heterocycles. The Balaban J connectivity index is 2.59.